The number of anilines is 2. The number of rotatable bonds is 6. The minimum atomic E-state index is -1.03. The summed E-state index contributed by atoms with van der Waals surface area (Å²) >= 11 is 5.96. The van der Waals surface area contributed by atoms with Crippen molar-refractivity contribution in [2.24, 2.45) is 0 Å². The molecule has 0 aliphatic heterocycles. The standard InChI is InChI=1S/C20H16ClF2N3O/c21-15-3-1-2-13(8-15)6-7-25-17-9-14(11-24-12-17)20(27)26-16-4-5-18(22)19(23)10-16/h1-5,8-12,25H,6-7H2,(H,26,27). The van der Waals surface area contributed by atoms with Gasteiger partial charge in [-0.15, -0.1) is 0 Å². The van der Waals surface area contributed by atoms with Gasteiger partial charge in [0.05, 0.1) is 11.3 Å². The number of nitrogens with one attached hydrogen (secondary N) is 2. The summed E-state index contributed by atoms with van der Waals surface area (Å²) in [5, 5.41) is 6.39. The fourth-order valence-electron chi connectivity index (χ4n) is 2.48. The number of amides is 1. The van der Waals surface area contributed by atoms with Gasteiger partial charge < -0.3 is 10.6 Å². The molecule has 2 N–H and O–H groups in total. The van der Waals surface area contributed by atoms with E-state index in [-0.39, 0.29) is 5.69 Å². The van der Waals surface area contributed by atoms with Crippen molar-refractivity contribution in [1.82, 2.24) is 4.98 Å². The Morgan fingerprint density at radius 3 is 2.63 bits per heavy atom. The zero-order chi connectivity index (χ0) is 19.2. The maximum absolute atomic E-state index is 13.2. The maximum Gasteiger partial charge on any atom is 0.257 e. The number of carbonyl (C=O) groups excluding carboxylic acids is 1. The second-order valence-corrected chi connectivity index (χ2v) is 6.29. The van der Waals surface area contributed by atoms with E-state index >= 15 is 0 Å². The molecule has 1 heterocycles. The average molecular weight is 388 g/mol. The highest BCUT2D eigenvalue weighted by Crippen LogP contribution is 2.16. The third-order valence-corrected chi connectivity index (χ3v) is 4.04. The molecule has 2 aromatic carbocycles. The van der Waals surface area contributed by atoms with E-state index in [2.05, 4.69) is 15.6 Å². The molecule has 0 unspecified atom stereocenters. The van der Waals surface area contributed by atoms with Gasteiger partial charge in [-0.3, -0.25) is 9.78 Å². The van der Waals surface area contributed by atoms with Crippen LogP contribution in [-0.2, 0) is 6.42 Å². The van der Waals surface area contributed by atoms with Gasteiger partial charge in [-0.1, -0.05) is 23.7 Å². The van der Waals surface area contributed by atoms with Crippen molar-refractivity contribution in [2.75, 3.05) is 17.2 Å². The molecule has 0 atom stereocenters. The predicted octanol–water partition coefficient (Wildman–Crippen LogP) is 4.92. The lowest BCUT2D eigenvalue weighted by atomic mass is 10.1. The Labute approximate surface area is 160 Å². The third-order valence-electron chi connectivity index (χ3n) is 3.81. The molecule has 4 nitrogen and oxygen atoms in total. The summed E-state index contributed by atoms with van der Waals surface area (Å²) < 4.78 is 26.2. The molecule has 138 valence electrons. The molecule has 0 bridgehead atoms. The Kier molecular flexibility index (Phi) is 5.98. The lowest BCUT2D eigenvalue weighted by Gasteiger charge is -2.09. The molecular weight excluding hydrogens is 372 g/mol. The Morgan fingerprint density at radius 1 is 1.00 bits per heavy atom. The number of carbonyl (C=O) groups is 1. The van der Waals surface area contributed by atoms with Gasteiger partial charge in [-0.05, 0) is 42.3 Å². The Morgan fingerprint density at radius 2 is 1.85 bits per heavy atom. The SMILES string of the molecule is O=C(Nc1ccc(F)c(F)c1)c1cncc(NCCc2cccc(Cl)c2)c1. The highest BCUT2D eigenvalue weighted by Gasteiger charge is 2.09. The Hall–Kier alpha value is -2.99. The largest absolute Gasteiger partial charge is 0.383 e. The highest BCUT2D eigenvalue weighted by atomic mass is 35.5. The lowest BCUT2D eigenvalue weighted by molar-refractivity contribution is 0.102. The molecule has 7 heteroatoms. The molecule has 0 aliphatic carbocycles. The first-order valence-corrected chi connectivity index (χ1v) is 8.59. The third kappa shape index (κ3) is 5.24. The zero-order valence-electron chi connectivity index (χ0n) is 14.2. The molecule has 0 aliphatic rings. The van der Waals surface area contributed by atoms with Crippen LogP contribution in [0.3, 0.4) is 0 Å². The van der Waals surface area contributed by atoms with Gasteiger partial charge in [0, 0.05) is 35.7 Å². The van der Waals surface area contributed by atoms with E-state index in [1.165, 1.54) is 12.3 Å². The number of benzene rings is 2. The van der Waals surface area contributed by atoms with Crippen LogP contribution in [0.2, 0.25) is 5.02 Å². The first kappa shape index (κ1) is 18.8. The van der Waals surface area contributed by atoms with Gasteiger partial charge in [-0.2, -0.15) is 0 Å². The van der Waals surface area contributed by atoms with Crippen LogP contribution in [-0.4, -0.2) is 17.4 Å². The number of pyridine rings is 1. The Balaban J connectivity index is 1.60. The van der Waals surface area contributed by atoms with Crippen LogP contribution in [0.1, 0.15) is 15.9 Å². The van der Waals surface area contributed by atoms with Crippen LogP contribution >= 0.6 is 11.6 Å². The molecule has 0 spiro atoms. The van der Waals surface area contributed by atoms with Gasteiger partial charge in [0.2, 0.25) is 0 Å². The topological polar surface area (TPSA) is 54.0 Å². The minimum absolute atomic E-state index is 0.165. The van der Waals surface area contributed by atoms with Crippen LogP contribution in [0.25, 0.3) is 0 Å². The number of aromatic nitrogens is 1. The van der Waals surface area contributed by atoms with E-state index in [9.17, 15) is 13.6 Å². The monoisotopic (exact) mass is 387 g/mol. The van der Waals surface area contributed by atoms with E-state index in [0.717, 1.165) is 24.1 Å². The van der Waals surface area contributed by atoms with Gasteiger partial charge in [0.15, 0.2) is 11.6 Å². The van der Waals surface area contributed by atoms with E-state index in [1.807, 2.05) is 24.3 Å². The summed E-state index contributed by atoms with van der Waals surface area (Å²) in [6.45, 7) is 0.635. The van der Waals surface area contributed by atoms with Crippen molar-refractivity contribution in [3.63, 3.8) is 0 Å². The van der Waals surface area contributed by atoms with Crippen LogP contribution < -0.4 is 10.6 Å². The summed E-state index contributed by atoms with van der Waals surface area (Å²) in [5.74, 6) is -2.46. The predicted molar refractivity (Wildman–Crippen MR) is 102 cm³/mol. The number of halogens is 3. The molecule has 0 saturated carbocycles. The van der Waals surface area contributed by atoms with Crippen molar-refractivity contribution < 1.29 is 13.6 Å². The van der Waals surface area contributed by atoms with Gasteiger partial charge in [0.25, 0.3) is 5.91 Å². The molecule has 1 aromatic heterocycles. The smallest absolute Gasteiger partial charge is 0.257 e. The summed E-state index contributed by atoms with van der Waals surface area (Å²) in [6, 6.07) is 12.4. The summed E-state index contributed by atoms with van der Waals surface area (Å²) in [4.78, 5) is 16.3. The van der Waals surface area contributed by atoms with Crippen molar-refractivity contribution >= 4 is 28.9 Å². The van der Waals surface area contributed by atoms with Gasteiger partial charge >= 0.3 is 0 Å². The first-order valence-electron chi connectivity index (χ1n) is 8.21. The molecule has 27 heavy (non-hydrogen) atoms. The second kappa shape index (κ2) is 8.60. The molecule has 0 radical (unpaired) electrons. The molecule has 3 aromatic rings. The second-order valence-electron chi connectivity index (χ2n) is 5.85. The van der Waals surface area contributed by atoms with Crippen LogP contribution in [0.4, 0.5) is 20.2 Å². The fourth-order valence-corrected chi connectivity index (χ4v) is 2.69. The fraction of sp³-hybridized carbons (Fsp3) is 0.100. The quantitative estimate of drug-likeness (QED) is 0.631. The van der Waals surface area contributed by atoms with E-state index in [0.29, 0.717) is 22.8 Å². The zero-order valence-corrected chi connectivity index (χ0v) is 14.9. The number of nitrogens with zero attached hydrogens (tertiary/aromatic N) is 1. The molecule has 1 amide bonds. The van der Waals surface area contributed by atoms with Crippen molar-refractivity contribution in [3.8, 4) is 0 Å². The lowest BCUT2D eigenvalue weighted by Crippen LogP contribution is -2.13. The van der Waals surface area contributed by atoms with Crippen molar-refractivity contribution in [2.45, 2.75) is 6.42 Å². The van der Waals surface area contributed by atoms with Crippen molar-refractivity contribution in [1.29, 1.82) is 0 Å². The Bertz CT molecular complexity index is 965. The van der Waals surface area contributed by atoms with Crippen molar-refractivity contribution in [3.05, 3.63) is 88.7 Å². The van der Waals surface area contributed by atoms with Crippen LogP contribution in [0, 0.1) is 11.6 Å². The van der Waals surface area contributed by atoms with Gasteiger partial charge in [-0.25, -0.2) is 8.78 Å². The van der Waals surface area contributed by atoms with Crippen LogP contribution in [0.15, 0.2) is 60.9 Å². The molecule has 0 fully saturated rings. The summed E-state index contributed by atoms with van der Waals surface area (Å²) in [5.41, 5.74) is 2.23. The molecule has 3 rings (SSSR count). The van der Waals surface area contributed by atoms with Gasteiger partial charge in [0.1, 0.15) is 0 Å². The molecule has 0 saturated heterocycles. The van der Waals surface area contributed by atoms with E-state index < -0.39 is 17.5 Å². The maximum atomic E-state index is 13.2. The van der Waals surface area contributed by atoms with Crippen LogP contribution in [0.5, 0.6) is 0 Å². The number of hydrogen-bond donors (Lipinski definition) is 2. The summed E-state index contributed by atoms with van der Waals surface area (Å²) in [7, 11) is 0. The highest BCUT2D eigenvalue weighted by molar-refractivity contribution is 6.30. The number of hydrogen-bond acceptors (Lipinski definition) is 3. The average Bonchev–Trinajstić information content (AvgIpc) is 2.65. The summed E-state index contributed by atoms with van der Waals surface area (Å²) in [6.07, 6.45) is 3.76. The van der Waals surface area contributed by atoms with E-state index in [4.69, 9.17) is 11.6 Å². The normalized spacial score (nSPS) is 10.5. The van der Waals surface area contributed by atoms with E-state index in [1.54, 1.807) is 12.3 Å². The minimum Gasteiger partial charge on any atom is -0.383 e. The first-order chi connectivity index (χ1) is 13.0. The molecular formula is C20H16ClF2N3O.